The Hall–Kier alpha value is -0.660. The fourth-order valence-corrected chi connectivity index (χ4v) is 4.90. The van der Waals surface area contributed by atoms with Gasteiger partial charge in [0, 0.05) is 11.8 Å². The van der Waals surface area contributed by atoms with Crippen LogP contribution < -0.4 is 0 Å². The smallest absolute Gasteiger partial charge is 0.202 e. The normalized spacial score (nSPS) is 23.9. The molecule has 2 atom stereocenters. The number of carbonyl (C=O) groups is 2. The van der Waals surface area contributed by atoms with Gasteiger partial charge in [-0.25, -0.2) is 0 Å². The first-order chi connectivity index (χ1) is 10.7. The van der Waals surface area contributed by atoms with E-state index in [0.29, 0.717) is 11.8 Å². The molecule has 22 heavy (non-hydrogen) atoms. The first-order valence-corrected chi connectivity index (χ1v) is 9.77. The van der Waals surface area contributed by atoms with Crippen molar-refractivity contribution in [2.45, 2.75) is 90.9 Å². The van der Waals surface area contributed by atoms with Gasteiger partial charge in [-0.15, -0.1) is 0 Å². The molecule has 2 fully saturated rings. The van der Waals surface area contributed by atoms with E-state index in [0.717, 1.165) is 38.5 Å². The van der Waals surface area contributed by atoms with E-state index < -0.39 is 0 Å². The molecule has 0 aromatic heterocycles. The molecule has 2 heteroatoms. The van der Waals surface area contributed by atoms with Gasteiger partial charge in [0.15, 0.2) is 0 Å². The monoisotopic (exact) mass is 306 g/mol. The van der Waals surface area contributed by atoms with Crippen LogP contribution in [0.5, 0.6) is 0 Å². The Bertz CT molecular complexity index is 326. The average molecular weight is 306 g/mol. The standard InChI is InChI=1S/C20H34O2/c1-3-17(15-11-7-5-8-12-15)19(21)20(22)18(4-2)16-13-9-6-10-14-16/h15-18H,3-14H2,1-2H3/t17-,18-/m0/s1. The summed E-state index contributed by atoms with van der Waals surface area (Å²) in [5.41, 5.74) is 0. The van der Waals surface area contributed by atoms with Crippen LogP contribution in [0.4, 0.5) is 0 Å². The Morgan fingerprint density at radius 3 is 1.27 bits per heavy atom. The minimum absolute atomic E-state index is 0.00504. The first kappa shape index (κ1) is 17.7. The summed E-state index contributed by atoms with van der Waals surface area (Å²) in [5, 5.41) is 0. The van der Waals surface area contributed by atoms with E-state index in [1.807, 2.05) is 0 Å². The van der Waals surface area contributed by atoms with Crippen molar-refractivity contribution in [2.75, 3.05) is 0 Å². The number of rotatable bonds is 7. The van der Waals surface area contributed by atoms with E-state index in [2.05, 4.69) is 13.8 Å². The summed E-state index contributed by atoms with van der Waals surface area (Å²) in [4.78, 5) is 25.7. The molecule has 2 rings (SSSR count). The summed E-state index contributed by atoms with van der Waals surface area (Å²) in [6, 6.07) is 0. The Morgan fingerprint density at radius 2 is 1.00 bits per heavy atom. The molecule has 0 radical (unpaired) electrons. The molecule has 0 saturated heterocycles. The zero-order chi connectivity index (χ0) is 15.9. The van der Waals surface area contributed by atoms with E-state index >= 15 is 0 Å². The molecule has 0 N–H and O–H groups in total. The number of Topliss-reactive ketones (excluding diaryl/α,β-unsaturated/α-hetero) is 2. The summed E-state index contributed by atoms with van der Waals surface area (Å²) >= 11 is 0. The van der Waals surface area contributed by atoms with Gasteiger partial charge in [-0.1, -0.05) is 52.4 Å². The van der Waals surface area contributed by atoms with E-state index in [9.17, 15) is 9.59 Å². The highest BCUT2D eigenvalue weighted by Gasteiger charge is 2.37. The zero-order valence-corrected chi connectivity index (χ0v) is 14.6. The second-order valence-electron chi connectivity index (χ2n) is 7.55. The summed E-state index contributed by atoms with van der Waals surface area (Å²) in [6.45, 7) is 4.18. The van der Waals surface area contributed by atoms with Crippen LogP contribution in [0.25, 0.3) is 0 Å². The average Bonchev–Trinajstić information content (AvgIpc) is 2.58. The van der Waals surface area contributed by atoms with Crippen LogP contribution in [0.1, 0.15) is 90.9 Å². The van der Waals surface area contributed by atoms with Crippen LogP contribution >= 0.6 is 0 Å². The third-order valence-corrected chi connectivity index (χ3v) is 6.23. The van der Waals surface area contributed by atoms with Crippen LogP contribution in [0.15, 0.2) is 0 Å². The van der Waals surface area contributed by atoms with Crippen molar-refractivity contribution in [3.8, 4) is 0 Å². The summed E-state index contributed by atoms with van der Waals surface area (Å²) in [6.07, 6.45) is 13.8. The molecule has 2 aliphatic carbocycles. The van der Waals surface area contributed by atoms with Crippen molar-refractivity contribution in [2.24, 2.45) is 23.7 Å². The maximum atomic E-state index is 12.9. The molecular formula is C20H34O2. The van der Waals surface area contributed by atoms with Crippen molar-refractivity contribution in [1.29, 1.82) is 0 Å². The Kier molecular flexibility index (Phi) is 7.11. The predicted octanol–water partition coefficient (Wildman–Crippen LogP) is 5.34. The number of ketones is 2. The molecule has 0 amide bonds. The SMILES string of the molecule is CC[C@H](C(=O)C(=O)[C@@H](CC)C1CCCCC1)C1CCCCC1. The molecule has 0 aromatic carbocycles. The van der Waals surface area contributed by atoms with Gasteiger partial charge in [0.05, 0.1) is 0 Å². The van der Waals surface area contributed by atoms with Gasteiger partial charge >= 0.3 is 0 Å². The molecule has 2 aliphatic rings. The third-order valence-electron chi connectivity index (χ3n) is 6.23. The topological polar surface area (TPSA) is 34.1 Å². The maximum absolute atomic E-state index is 12.9. The van der Waals surface area contributed by atoms with Crippen LogP contribution in [-0.4, -0.2) is 11.6 Å². The van der Waals surface area contributed by atoms with Gasteiger partial charge in [-0.05, 0) is 50.4 Å². The van der Waals surface area contributed by atoms with Crippen molar-refractivity contribution >= 4 is 11.6 Å². The van der Waals surface area contributed by atoms with E-state index in [-0.39, 0.29) is 23.4 Å². The third kappa shape index (κ3) is 4.20. The van der Waals surface area contributed by atoms with Crippen molar-refractivity contribution in [3.63, 3.8) is 0 Å². The Labute approximate surface area is 136 Å². The quantitative estimate of drug-likeness (QED) is 0.595. The maximum Gasteiger partial charge on any atom is 0.202 e. The molecule has 0 aromatic rings. The largest absolute Gasteiger partial charge is 0.291 e. The van der Waals surface area contributed by atoms with Crippen LogP contribution in [-0.2, 0) is 9.59 Å². The van der Waals surface area contributed by atoms with Gasteiger partial charge in [0.1, 0.15) is 0 Å². The van der Waals surface area contributed by atoms with Gasteiger partial charge in [0.25, 0.3) is 0 Å². The van der Waals surface area contributed by atoms with E-state index in [1.54, 1.807) is 0 Å². The molecular weight excluding hydrogens is 272 g/mol. The van der Waals surface area contributed by atoms with Crippen molar-refractivity contribution in [3.05, 3.63) is 0 Å². The molecule has 0 bridgehead atoms. The van der Waals surface area contributed by atoms with Gasteiger partial charge in [0.2, 0.25) is 11.6 Å². The van der Waals surface area contributed by atoms with Crippen LogP contribution in [0.3, 0.4) is 0 Å². The van der Waals surface area contributed by atoms with Crippen molar-refractivity contribution in [1.82, 2.24) is 0 Å². The molecule has 0 unspecified atom stereocenters. The number of carbonyl (C=O) groups excluding carboxylic acids is 2. The fraction of sp³-hybridized carbons (Fsp3) is 0.900. The van der Waals surface area contributed by atoms with Gasteiger partial charge in [-0.2, -0.15) is 0 Å². The summed E-state index contributed by atoms with van der Waals surface area (Å²) in [5.74, 6) is 0.910. The lowest BCUT2D eigenvalue weighted by atomic mass is 9.71. The highest BCUT2D eigenvalue weighted by molar-refractivity contribution is 6.38. The molecule has 0 spiro atoms. The Morgan fingerprint density at radius 1 is 0.682 bits per heavy atom. The van der Waals surface area contributed by atoms with Crippen molar-refractivity contribution < 1.29 is 9.59 Å². The minimum Gasteiger partial charge on any atom is -0.291 e. The molecule has 126 valence electrons. The fourth-order valence-electron chi connectivity index (χ4n) is 4.90. The van der Waals surface area contributed by atoms with Crippen LogP contribution in [0.2, 0.25) is 0 Å². The number of hydrogen-bond acceptors (Lipinski definition) is 2. The number of hydrogen-bond donors (Lipinski definition) is 0. The zero-order valence-electron chi connectivity index (χ0n) is 14.6. The van der Waals surface area contributed by atoms with E-state index in [1.165, 1.54) is 38.5 Å². The van der Waals surface area contributed by atoms with Crippen LogP contribution in [0, 0.1) is 23.7 Å². The lowest BCUT2D eigenvalue weighted by Crippen LogP contribution is -2.37. The Balaban J connectivity index is 2.02. The molecule has 0 heterocycles. The van der Waals surface area contributed by atoms with Gasteiger partial charge < -0.3 is 0 Å². The minimum atomic E-state index is -0.0215. The second-order valence-corrected chi connectivity index (χ2v) is 7.55. The highest BCUT2D eigenvalue weighted by atomic mass is 16.2. The molecule has 0 aliphatic heterocycles. The predicted molar refractivity (Wildman–Crippen MR) is 90.7 cm³/mol. The summed E-state index contributed by atoms with van der Waals surface area (Å²) < 4.78 is 0. The lowest BCUT2D eigenvalue weighted by molar-refractivity contribution is -0.144. The highest BCUT2D eigenvalue weighted by Crippen LogP contribution is 2.36. The molecule has 2 saturated carbocycles. The lowest BCUT2D eigenvalue weighted by Gasteiger charge is -2.32. The second kappa shape index (κ2) is 8.84. The summed E-state index contributed by atoms with van der Waals surface area (Å²) in [7, 11) is 0. The van der Waals surface area contributed by atoms with Gasteiger partial charge in [-0.3, -0.25) is 9.59 Å². The molecule has 2 nitrogen and oxygen atoms in total. The first-order valence-electron chi connectivity index (χ1n) is 9.77. The van der Waals surface area contributed by atoms with E-state index in [4.69, 9.17) is 0 Å².